The Labute approximate surface area is 112 Å². The van der Waals surface area contributed by atoms with Crippen molar-refractivity contribution in [2.45, 2.75) is 25.8 Å². The number of hydrogen-bond donors (Lipinski definition) is 3. The molecule has 1 aliphatic rings. The van der Waals surface area contributed by atoms with Crippen molar-refractivity contribution in [3.8, 4) is 11.5 Å². The summed E-state index contributed by atoms with van der Waals surface area (Å²) in [6, 6.07) is 4.04. The number of carbonyl (C=O) groups excluding carboxylic acids is 1. The maximum absolute atomic E-state index is 12.4. The molecule has 4 N–H and O–H groups in total. The normalized spacial score (nSPS) is 23.4. The first-order valence-corrected chi connectivity index (χ1v) is 6.56. The van der Waals surface area contributed by atoms with Crippen LogP contribution in [0.1, 0.15) is 30.1 Å². The van der Waals surface area contributed by atoms with Gasteiger partial charge in [0.2, 0.25) is 0 Å². The molecule has 0 spiro atoms. The first kappa shape index (κ1) is 13.7. The molecule has 2 atom stereocenters. The van der Waals surface area contributed by atoms with E-state index in [0.29, 0.717) is 19.0 Å². The van der Waals surface area contributed by atoms with E-state index in [2.05, 4.69) is 6.92 Å². The molecule has 1 aromatic carbocycles. The third-order valence-corrected chi connectivity index (χ3v) is 3.72. The lowest BCUT2D eigenvalue weighted by Gasteiger charge is -2.38. The summed E-state index contributed by atoms with van der Waals surface area (Å²) in [7, 11) is 0. The standard InChI is InChI=1S/C14H20N2O3/c1-9-4-5-16(10(6-9)8-15)14(19)12-3-2-11(17)7-13(12)18/h2-3,7,9-10,17-18H,4-6,8,15H2,1H3. The highest BCUT2D eigenvalue weighted by atomic mass is 16.3. The Balaban J connectivity index is 2.22. The second kappa shape index (κ2) is 5.48. The van der Waals surface area contributed by atoms with Crippen LogP contribution < -0.4 is 5.73 Å². The van der Waals surface area contributed by atoms with Gasteiger partial charge in [0.1, 0.15) is 11.5 Å². The summed E-state index contributed by atoms with van der Waals surface area (Å²) < 4.78 is 0. The second-order valence-corrected chi connectivity index (χ2v) is 5.22. The highest BCUT2D eigenvalue weighted by Gasteiger charge is 2.30. The third-order valence-electron chi connectivity index (χ3n) is 3.72. The van der Waals surface area contributed by atoms with Crippen LogP contribution in [0.5, 0.6) is 11.5 Å². The van der Waals surface area contributed by atoms with Gasteiger partial charge in [0, 0.05) is 25.2 Å². The number of nitrogens with two attached hydrogens (primary N) is 1. The van der Waals surface area contributed by atoms with Gasteiger partial charge in [0.25, 0.3) is 5.91 Å². The van der Waals surface area contributed by atoms with Crippen LogP contribution in [0.3, 0.4) is 0 Å². The number of nitrogens with zero attached hydrogens (tertiary/aromatic N) is 1. The van der Waals surface area contributed by atoms with E-state index in [4.69, 9.17) is 5.73 Å². The van der Waals surface area contributed by atoms with Gasteiger partial charge in [0.05, 0.1) is 5.56 Å². The number of piperidine rings is 1. The van der Waals surface area contributed by atoms with Crippen LogP contribution in [0, 0.1) is 5.92 Å². The van der Waals surface area contributed by atoms with Crippen molar-refractivity contribution in [3.63, 3.8) is 0 Å². The third kappa shape index (κ3) is 2.81. The Morgan fingerprint density at radius 1 is 1.47 bits per heavy atom. The van der Waals surface area contributed by atoms with Gasteiger partial charge >= 0.3 is 0 Å². The first-order valence-electron chi connectivity index (χ1n) is 6.56. The number of rotatable bonds is 2. The SMILES string of the molecule is CC1CCN(C(=O)c2ccc(O)cc2O)C(CN)C1. The van der Waals surface area contributed by atoms with E-state index in [1.54, 1.807) is 4.90 Å². The van der Waals surface area contributed by atoms with E-state index in [1.807, 2.05) is 0 Å². The fourth-order valence-electron chi connectivity index (χ4n) is 2.60. The maximum Gasteiger partial charge on any atom is 0.257 e. The minimum absolute atomic E-state index is 0.0180. The number of carbonyl (C=O) groups is 1. The van der Waals surface area contributed by atoms with Crippen LogP contribution in [-0.2, 0) is 0 Å². The number of likely N-dealkylation sites (tertiary alicyclic amines) is 1. The average Bonchev–Trinajstić information content (AvgIpc) is 2.37. The molecule has 0 bridgehead atoms. The monoisotopic (exact) mass is 264 g/mol. The Morgan fingerprint density at radius 2 is 2.21 bits per heavy atom. The molecule has 0 radical (unpaired) electrons. The molecule has 104 valence electrons. The average molecular weight is 264 g/mol. The van der Waals surface area contributed by atoms with Gasteiger partial charge in [-0.1, -0.05) is 6.92 Å². The molecule has 1 amide bonds. The summed E-state index contributed by atoms with van der Waals surface area (Å²) in [6.45, 7) is 3.24. The molecule has 0 aliphatic carbocycles. The smallest absolute Gasteiger partial charge is 0.257 e. The molecular weight excluding hydrogens is 244 g/mol. The van der Waals surface area contributed by atoms with Gasteiger partial charge in [-0.25, -0.2) is 0 Å². The lowest BCUT2D eigenvalue weighted by Crippen LogP contribution is -2.49. The summed E-state index contributed by atoms with van der Waals surface area (Å²) in [4.78, 5) is 14.2. The van der Waals surface area contributed by atoms with Crippen molar-refractivity contribution >= 4 is 5.91 Å². The van der Waals surface area contributed by atoms with E-state index < -0.39 is 0 Å². The minimum Gasteiger partial charge on any atom is -0.508 e. The fourth-order valence-corrected chi connectivity index (χ4v) is 2.60. The van der Waals surface area contributed by atoms with Gasteiger partial charge in [-0.15, -0.1) is 0 Å². The van der Waals surface area contributed by atoms with Crippen molar-refractivity contribution in [1.82, 2.24) is 4.90 Å². The summed E-state index contributed by atoms with van der Waals surface area (Å²) in [6.07, 6.45) is 1.84. The minimum atomic E-state index is -0.222. The molecular formula is C14H20N2O3. The van der Waals surface area contributed by atoms with Crippen LogP contribution in [-0.4, -0.2) is 40.2 Å². The Morgan fingerprint density at radius 3 is 2.84 bits per heavy atom. The lowest BCUT2D eigenvalue weighted by atomic mass is 9.92. The molecule has 0 aromatic heterocycles. The number of benzene rings is 1. The van der Waals surface area contributed by atoms with E-state index in [0.717, 1.165) is 12.8 Å². The number of amides is 1. The summed E-state index contributed by atoms with van der Waals surface area (Å²) in [5, 5.41) is 19.0. The lowest BCUT2D eigenvalue weighted by molar-refractivity contribution is 0.0570. The highest BCUT2D eigenvalue weighted by Crippen LogP contribution is 2.28. The number of aromatic hydroxyl groups is 2. The molecule has 2 rings (SSSR count). The molecule has 1 aromatic rings. The first-order chi connectivity index (χ1) is 9.02. The molecule has 1 saturated heterocycles. The number of phenols is 2. The van der Waals surface area contributed by atoms with Crippen molar-refractivity contribution in [2.75, 3.05) is 13.1 Å². The summed E-state index contributed by atoms with van der Waals surface area (Å²) in [5.41, 5.74) is 5.95. The topological polar surface area (TPSA) is 86.8 Å². The molecule has 0 saturated carbocycles. The van der Waals surface area contributed by atoms with Gasteiger partial charge in [-0.05, 0) is 30.9 Å². The maximum atomic E-state index is 12.4. The van der Waals surface area contributed by atoms with Crippen LogP contribution in [0.2, 0.25) is 0 Å². The highest BCUT2D eigenvalue weighted by molar-refractivity contribution is 5.97. The van der Waals surface area contributed by atoms with Crippen LogP contribution >= 0.6 is 0 Å². The van der Waals surface area contributed by atoms with E-state index >= 15 is 0 Å². The Bertz CT molecular complexity index is 476. The zero-order valence-electron chi connectivity index (χ0n) is 11.0. The molecule has 19 heavy (non-hydrogen) atoms. The van der Waals surface area contributed by atoms with Crippen molar-refractivity contribution in [2.24, 2.45) is 11.7 Å². The van der Waals surface area contributed by atoms with Gasteiger partial charge in [0.15, 0.2) is 0 Å². The molecule has 5 heteroatoms. The predicted octanol–water partition coefficient (Wildman–Crippen LogP) is 1.30. The van der Waals surface area contributed by atoms with Gasteiger partial charge < -0.3 is 20.8 Å². The molecule has 1 aliphatic heterocycles. The summed E-state index contributed by atoms with van der Waals surface area (Å²) >= 11 is 0. The van der Waals surface area contributed by atoms with Crippen molar-refractivity contribution in [1.29, 1.82) is 0 Å². The van der Waals surface area contributed by atoms with Gasteiger partial charge in [-0.3, -0.25) is 4.79 Å². The van der Waals surface area contributed by atoms with Crippen LogP contribution in [0.15, 0.2) is 18.2 Å². The van der Waals surface area contributed by atoms with E-state index in [-0.39, 0.29) is 29.0 Å². The van der Waals surface area contributed by atoms with E-state index in [1.165, 1.54) is 18.2 Å². The number of phenolic OH excluding ortho intramolecular Hbond substituents is 2. The Kier molecular flexibility index (Phi) is 3.95. The molecule has 5 nitrogen and oxygen atoms in total. The fraction of sp³-hybridized carbons (Fsp3) is 0.500. The molecule has 1 fully saturated rings. The van der Waals surface area contributed by atoms with E-state index in [9.17, 15) is 15.0 Å². The van der Waals surface area contributed by atoms with Crippen LogP contribution in [0.4, 0.5) is 0 Å². The van der Waals surface area contributed by atoms with Crippen molar-refractivity contribution < 1.29 is 15.0 Å². The second-order valence-electron chi connectivity index (χ2n) is 5.22. The zero-order valence-corrected chi connectivity index (χ0v) is 11.0. The molecule has 2 unspecified atom stereocenters. The van der Waals surface area contributed by atoms with Gasteiger partial charge in [-0.2, -0.15) is 0 Å². The zero-order chi connectivity index (χ0) is 14.0. The largest absolute Gasteiger partial charge is 0.508 e. The Hall–Kier alpha value is -1.75. The summed E-state index contributed by atoms with van der Waals surface area (Å²) in [5.74, 6) is 0.0851. The quantitative estimate of drug-likeness (QED) is 0.751. The van der Waals surface area contributed by atoms with Crippen LogP contribution in [0.25, 0.3) is 0 Å². The van der Waals surface area contributed by atoms with Crippen molar-refractivity contribution in [3.05, 3.63) is 23.8 Å². The predicted molar refractivity (Wildman–Crippen MR) is 72.0 cm³/mol. The number of hydrogen-bond acceptors (Lipinski definition) is 4. The molecule has 1 heterocycles.